The highest BCUT2D eigenvalue weighted by molar-refractivity contribution is 9.10. The lowest BCUT2D eigenvalue weighted by Gasteiger charge is -2.11. The number of nitrogens with one attached hydrogen (secondary N) is 1. The molecule has 0 bridgehead atoms. The Bertz CT molecular complexity index is 532. The molecule has 0 unspecified atom stereocenters. The number of amides is 1. The van der Waals surface area contributed by atoms with Crippen molar-refractivity contribution in [1.29, 1.82) is 0 Å². The lowest BCUT2D eigenvalue weighted by atomic mass is 10.1. The zero-order valence-corrected chi connectivity index (χ0v) is 12.4. The number of alkyl halides is 3. The Morgan fingerprint density at radius 1 is 1.24 bits per heavy atom. The molecule has 0 radical (unpaired) electrons. The van der Waals surface area contributed by atoms with Crippen LogP contribution in [-0.4, -0.2) is 23.5 Å². The smallest absolute Gasteiger partial charge is 0.416 e. The monoisotopic (exact) mass is 367 g/mol. The van der Waals surface area contributed by atoms with Gasteiger partial charge in [0.1, 0.15) is 0 Å². The van der Waals surface area contributed by atoms with Crippen LogP contribution in [0.25, 0.3) is 0 Å². The lowest BCUT2D eigenvalue weighted by molar-refractivity contribution is -0.138. The summed E-state index contributed by atoms with van der Waals surface area (Å²) in [6.45, 7) is 0.203. The first-order chi connectivity index (χ1) is 9.71. The topological polar surface area (TPSA) is 66.4 Å². The van der Waals surface area contributed by atoms with Gasteiger partial charge in [0.15, 0.2) is 0 Å². The number of aliphatic carboxylic acids is 1. The van der Waals surface area contributed by atoms with E-state index in [9.17, 15) is 22.8 Å². The van der Waals surface area contributed by atoms with Crippen molar-refractivity contribution in [3.05, 3.63) is 33.8 Å². The van der Waals surface area contributed by atoms with E-state index >= 15 is 0 Å². The summed E-state index contributed by atoms with van der Waals surface area (Å²) in [6, 6.07) is 2.83. The Labute approximate surface area is 127 Å². The molecule has 0 spiro atoms. The summed E-state index contributed by atoms with van der Waals surface area (Å²) in [5.41, 5.74) is -1.01. The van der Waals surface area contributed by atoms with Crippen molar-refractivity contribution in [2.24, 2.45) is 0 Å². The number of carboxylic acid groups (broad SMARTS) is 1. The summed E-state index contributed by atoms with van der Waals surface area (Å²) in [5, 5.41) is 10.9. The van der Waals surface area contributed by atoms with Gasteiger partial charge in [0, 0.05) is 17.4 Å². The maximum absolute atomic E-state index is 12.6. The summed E-state index contributed by atoms with van der Waals surface area (Å²) in [6.07, 6.45) is -3.70. The minimum Gasteiger partial charge on any atom is -0.481 e. The molecule has 0 fully saturated rings. The van der Waals surface area contributed by atoms with E-state index < -0.39 is 23.6 Å². The van der Waals surface area contributed by atoms with E-state index in [2.05, 4.69) is 21.2 Å². The van der Waals surface area contributed by atoms with Gasteiger partial charge in [0.2, 0.25) is 0 Å². The summed E-state index contributed by atoms with van der Waals surface area (Å²) in [5.74, 6) is -1.56. The molecule has 8 heteroatoms. The second kappa shape index (κ2) is 7.44. The van der Waals surface area contributed by atoms with E-state index in [1.54, 1.807) is 0 Å². The standard InChI is InChI=1S/C13H13BrF3NO3/c14-10-5-4-8(13(15,16)17)7-9(10)12(21)18-6-2-1-3-11(19)20/h4-5,7H,1-3,6H2,(H,18,21)(H,19,20). The maximum Gasteiger partial charge on any atom is 0.416 e. The Balaban J connectivity index is 2.63. The van der Waals surface area contributed by atoms with Gasteiger partial charge in [-0.15, -0.1) is 0 Å². The SMILES string of the molecule is O=C(O)CCCCNC(=O)c1cc(C(F)(F)F)ccc1Br. The van der Waals surface area contributed by atoms with Crippen LogP contribution in [0.5, 0.6) is 0 Å². The normalized spacial score (nSPS) is 11.2. The van der Waals surface area contributed by atoms with Crippen LogP contribution < -0.4 is 5.32 Å². The molecule has 21 heavy (non-hydrogen) atoms. The van der Waals surface area contributed by atoms with E-state index in [4.69, 9.17) is 5.11 Å². The van der Waals surface area contributed by atoms with Gasteiger partial charge in [0.05, 0.1) is 11.1 Å². The number of unbranched alkanes of at least 4 members (excludes halogenated alkanes) is 1. The van der Waals surface area contributed by atoms with Crippen LogP contribution in [0.15, 0.2) is 22.7 Å². The van der Waals surface area contributed by atoms with Gasteiger partial charge >= 0.3 is 12.1 Å². The van der Waals surface area contributed by atoms with Crippen molar-refractivity contribution in [2.75, 3.05) is 6.54 Å². The van der Waals surface area contributed by atoms with Gasteiger partial charge in [-0.2, -0.15) is 13.2 Å². The number of hydrogen-bond acceptors (Lipinski definition) is 2. The summed E-state index contributed by atoms with van der Waals surface area (Å²) in [4.78, 5) is 22.1. The molecule has 1 rings (SSSR count). The number of carboxylic acids is 1. The molecule has 0 aliphatic heterocycles. The zero-order chi connectivity index (χ0) is 16.0. The molecule has 0 aliphatic rings. The molecule has 2 N–H and O–H groups in total. The average Bonchev–Trinajstić information content (AvgIpc) is 2.36. The molecule has 116 valence electrons. The highest BCUT2D eigenvalue weighted by atomic mass is 79.9. The number of carbonyl (C=O) groups excluding carboxylic acids is 1. The number of rotatable bonds is 6. The molecule has 1 aromatic carbocycles. The second-order valence-electron chi connectivity index (χ2n) is 4.30. The largest absolute Gasteiger partial charge is 0.481 e. The number of benzene rings is 1. The first kappa shape index (κ1) is 17.5. The fraction of sp³-hybridized carbons (Fsp3) is 0.385. The number of halogens is 4. The molecule has 0 saturated carbocycles. The Morgan fingerprint density at radius 3 is 2.48 bits per heavy atom. The highest BCUT2D eigenvalue weighted by Crippen LogP contribution is 2.31. The van der Waals surface area contributed by atoms with Crippen LogP contribution in [0.4, 0.5) is 13.2 Å². The van der Waals surface area contributed by atoms with Gasteiger partial charge in [-0.25, -0.2) is 0 Å². The molecule has 4 nitrogen and oxygen atoms in total. The zero-order valence-electron chi connectivity index (χ0n) is 10.8. The van der Waals surface area contributed by atoms with Gasteiger partial charge in [-0.1, -0.05) is 0 Å². The summed E-state index contributed by atoms with van der Waals surface area (Å²) >= 11 is 3.03. The fourth-order valence-electron chi connectivity index (χ4n) is 1.57. The van der Waals surface area contributed by atoms with Crippen LogP contribution in [-0.2, 0) is 11.0 Å². The second-order valence-corrected chi connectivity index (χ2v) is 5.15. The van der Waals surface area contributed by atoms with Gasteiger partial charge in [-0.3, -0.25) is 9.59 Å². The molecule has 1 amide bonds. The quantitative estimate of drug-likeness (QED) is 0.756. The van der Waals surface area contributed by atoms with E-state index in [0.29, 0.717) is 12.8 Å². The molecule has 0 aliphatic carbocycles. The van der Waals surface area contributed by atoms with Gasteiger partial charge in [0.25, 0.3) is 5.91 Å². The number of carbonyl (C=O) groups is 2. The highest BCUT2D eigenvalue weighted by Gasteiger charge is 2.31. The molecule has 0 aromatic heterocycles. The first-order valence-electron chi connectivity index (χ1n) is 6.08. The Hall–Kier alpha value is -1.57. The van der Waals surface area contributed by atoms with Crippen molar-refractivity contribution in [3.8, 4) is 0 Å². The van der Waals surface area contributed by atoms with Crippen LogP contribution in [0.1, 0.15) is 35.2 Å². The Morgan fingerprint density at radius 2 is 1.90 bits per heavy atom. The minimum atomic E-state index is -4.52. The van der Waals surface area contributed by atoms with Crippen molar-refractivity contribution >= 4 is 27.8 Å². The molecule has 1 aromatic rings. The molecule has 0 heterocycles. The van der Waals surface area contributed by atoms with Crippen LogP contribution >= 0.6 is 15.9 Å². The Kier molecular flexibility index (Phi) is 6.19. The fourth-order valence-corrected chi connectivity index (χ4v) is 2.00. The van der Waals surface area contributed by atoms with E-state index in [1.165, 1.54) is 6.07 Å². The third-order valence-electron chi connectivity index (χ3n) is 2.64. The molecular weight excluding hydrogens is 355 g/mol. The minimum absolute atomic E-state index is 0.0108. The maximum atomic E-state index is 12.6. The van der Waals surface area contributed by atoms with E-state index in [-0.39, 0.29) is 23.0 Å². The van der Waals surface area contributed by atoms with Crippen molar-refractivity contribution in [2.45, 2.75) is 25.4 Å². The van der Waals surface area contributed by atoms with Crippen LogP contribution in [0.3, 0.4) is 0 Å². The van der Waals surface area contributed by atoms with Crippen LogP contribution in [0.2, 0.25) is 0 Å². The van der Waals surface area contributed by atoms with Crippen molar-refractivity contribution in [3.63, 3.8) is 0 Å². The van der Waals surface area contributed by atoms with Crippen molar-refractivity contribution in [1.82, 2.24) is 5.32 Å². The molecule has 0 saturated heterocycles. The average molecular weight is 368 g/mol. The predicted molar refractivity (Wildman–Crippen MR) is 73.0 cm³/mol. The van der Waals surface area contributed by atoms with E-state index in [1.807, 2.05) is 0 Å². The van der Waals surface area contributed by atoms with Crippen molar-refractivity contribution < 1.29 is 27.9 Å². The third kappa shape index (κ3) is 5.74. The summed E-state index contributed by atoms with van der Waals surface area (Å²) < 4.78 is 38.0. The first-order valence-corrected chi connectivity index (χ1v) is 6.88. The summed E-state index contributed by atoms with van der Waals surface area (Å²) in [7, 11) is 0. The third-order valence-corrected chi connectivity index (χ3v) is 3.33. The number of hydrogen-bond donors (Lipinski definition) is 2. The van der Waals surface area contributed by atoms with Gasteiger partial charge in [-0.05, 0) is 47.0 Å². The lowest BCUT2D eigenvalue weighted by Crippen LogP contribution is -2.25. The molecule has 0 atom stereocenters. The van der Waals surface area contributed by atoms with Gasteiger partial charge < -0.3 is 10.4 Å². The van der Waals surface area contributed by atoms with Crippen LogP contribution in [0, 0.1) is 0 Å². The molecular formula is C13H13BrF3NO3. The van der Waals surface area contributed by atoms with E-state index in [0.717, 1.165) is 12.1 Å². The predicted octanol–water partition coefficient (Wildman–Crippen LogP) is 3.45.